The van der Waals surface area contributed by atoms with E-state index >= 15 is 0 Å². The van der Waals surface area contributed by atoms with Gasteiger partial charge in [0.25, 0.3) is 10.0 Å². The lowest BCUT2D eigenvalue weighted by Crippen LogP contribution is -2.30. The number of carbonyl (C=O) groups is 1. The van der Waals surface area contributed by atoms with Crippen molar-refractivity contribution >= 4 is 16.0 Å². The van der Waals surface area contributed by atoms with Crippen molar-refractivity contribution in [3.8, 4) is 0 Å². The normalized spacial score (nSPS) is 18.9. The molecular formula is C15H16N2O5S. The summed E-state index contributed by atoms with van der Waals surface area (Å²) in [5.74, 6) is -0.641. The lowest BCUT2D eigenvalue weighted by atomic mass is 10.1. The number of furan rings is 1. The molecule has 0 aromatic carbocycles. The highest BCUT2D eigenvalue weighted by Gasteiger charge is 2.38. The Labute approximate surface area is 133 Å². The molecule has 0 N–H and O–H groups in total. The molecule has 2 aromatic rings. The molecule has 2 aromatic heterocycles. The van der Waals surface area contributed by atoms with Crippen LogP contribution in [0.25, 0.3) is 0 Å². The van der Waals surface area contributed by atoms with Gasteiger partial charge in [0.2, 0.25) is 5.09 Å². The van der Waals surface area contributed by atoms with Gasteiger partial charge in [-0.05, 0) is 25.0 Å². The molecule has 0 saturated carbocycles. The Morgan fingerprint density at radius 1 is 1.43 bits per heavy atom. The third kappa shape index (κ3) is 2.87. The van der Waals surface area contributed by atoms with Crippen molar-refractivity contribution < 1.29 is 22.4 Å². The molecule has 1 atom stereocenters. The first kappa shape index (κ1) is 15.7. The molecule has 3 heterocycles. The van der Waals surface area contributed by atoms with Gasteiger partial charge in [0, 0.05) is 18.8 Å². The van der Waals surface area contributed by atoms with Gasteiger partial charge in [-0.2, -0.15) is 4.31 Å². The van der Waals surface area contributed by atoms with Gasteiger partial charge in [-0.15, -0.1) is 0 Å². The highest BCUT2D eigenvalue weighted by Crippen LogP contribution is 2.35. The van der Waals surface area contributed by atoms with E-state index in [4.69, 9.17) is 4.42 Å². The fourth-order valence-electron chi connectivity index (χ4n) is 2.69. The van der Waals surface area contributed by atoms with Crippen molar-refractivity contribution in [3.05, 3.63) is 48.0 Å². The summed E-state index contributed by atoms with van der Waals surface area (Å²) in [6, 6.07) is 6.28. The lowest BCUT2D eigenvalue weighted by molar-refractivity contribution is 0.0600. The minimum Gasteiger partial charge on any atom is -0.465 e. The molecule has 1 aliphatic heterocycles. The Hall–Kier alpha value is -2.19. The van der Waals surface area contributed by atoms with Crippen molar-refractivity contribution in [2.24, 2.45) is 0 Å². The Kier molecular flexibility index (Phi) is 4.18. The molecule has 0 bridgehead atoms. The van der Waals surface area contributed by atoms with E-state index in [9.17, 15) is 13.2 Å². The van der Waals surface area contributed by atoms with Crippen LogP contribution in [0.1, 0.15) is 34.9 Å². The molecule has 23 heavy (non-hydrogen) atoms. The van der Waals surface area contributed by atoms with Crippen LogP contribution in [0, 0.1) is 0 Å². The van der Waals surface area contributed by atoms with Crippen molar-refractivity contribution in [3.63, 3.8) is 0 Å². The first-order chi connectivity index (χ1) is 11.0. The van der Waals surface area contributed by atoms with E-state index in [2.05, 4.69) is 9.72 Å². The summed E-state index contributed by atoms with van der Waals surface area (Å²) in [6.45, 7) is 0.387. The zero-order valence-corrected chi connectivity index (χ0v) is 13.3. The van der Waals surface area contributed by atoms with E-state index in [0.717, 1.165) is 12.7 Å². The third-order valence-corrected chi connectivity index (χ3v) is 5.57. The second-order valence-corrected chi connectivity index (χ2v) is 7.00. The van der Waals surface area contributed by atoms with Gasteiger partial charge in [-0.1, -0.05) is 6.07 Å². The second-order valence-electron chi connectivity index (χ2n) is 5.17. The van der Waals surface area contributed by atoms with Crippen molar-refractivity contribution in [2.45, 2.75) is 24.0 Å². The largest absolute Gasteiger partial charge is 0.465 e. The summed E-state index contributed by atoms with van der Waals surface area (Å²) in [6.07, 6.45) is 4.16. The van der Waals surface area contributed by atoms with Crippen LogP contribution in [0.4, 0.5) is 0 Å². The number of pyridine rings is 1. The number of rotatable bonds is 4. The van der Waals surface area contributed by atoms with E-state index in [1.165, 1.54) is 17.5 Å². The molecule has 1 saturated heterocycles. The maximum Gasteiger partial charge on any atom is 0.341 e. The molecule has 0 amide bonds. The van der Waals surface area contributed by atoms with Crippen LogP contribution in [0.5, 0.6) is 0 Å². The van der Waals surface area contributed by atoms with Crippen LogP contribution in [0.15, 0.2) is 46.2 Å². The van der Waals surface area contributed by atoms with Crippen LogP contribution < -0.4 is 0 Å². The average Bonchev–Trinajstić information content (AvgIpc) is 3.24. The van der Waals surface area contributed by atoms with Gasteiger partial charge in [0.1, 0.15) is 6.26 Å². The quantitative estimate of drug-likeness (QED) is 0.793. The Balaban J connectivity index is 1.92. The number of nitrogens with zero attached hydrogens (tertiary/aromatic N) is 2. The first-order valence-electron chi connectivity index (χ1n) is 7.13. The molecule has 3 rings (SSSR count). The van der Waals surface area contributed by atoms with Crippen LogP contribution in [-0.2, 0) is 14.8 Å². The Bertz CT molecular complexity index is 800. The van der Waals surface area contributed by atoms with Crippen LogP contribution in [-0.4, -0.2) is 37.3 Å². The van der Waals surface area contributed by atoms with E-state index < -0.39 is 16.0 Å². The summed E-state index contributed by atoms with van der Waals surface area (Å²) in [7, 11) is -2.61. The van der Waals surface area contributed by atoms with E-state index in [0.29, 0.717) is 18.7 Å². The number of hydrogen-bond donors (Lipinski definition) is 0. The first-order valence-corrected chi connectivity index (χ1v) is 8.57. The zero-order valence-electron chi connectivity index (χ0n) is 12.5. The zero-order chi connectivity index (χ0) is 16.4. The number of ether oxygens (including phenoxy) is 1. The van der Waals surface area contributed by atoms with E-state index in [1.54, 1.807) is 18.3 Å². The number of methoxy groups -OCH3 is 1. The van der Waals surface area contributed by atoms with Gasteiger partial charge < -0.3 is 9.15 Å². The second kappa shape index (κ2) is 6.13. The van der Waals surface area contributed by atoms with E-state index in [-0.39, 0.29) is 16.7 Å². The van der Waals surface area contributed by atoms with Crippen molar-refractivity contribution in [2.75, 3.05) is 13.7 Å². The topological polar surface area (TPSA) is 89.7 Å². The maximum atomic E-state index is 12.8. The van der Waals surface area contributed by atoms with E-state index in [1.807, 2.05) is 6.07 Å². The minimum absolute atomic E-state index is 0.0691. The Morgan fingerprint density at radius 3 is 2.96 bits per heavy atom. The number of carbonyl (C=O) groups excluding carboxylic acids is 1. The molecule has 1 aliphatic rings. The monoisotopic (exact) mass is 336 g/mol. The van der Waals surface area contributed by atoms with Gasteiger partial charge in [0.05, 0.1) is 24.4 Å². The number of esters is 1. The predicted octanol–water partition coefficient (Wildman–Crippen LogP) is 1.99. The third-order valence-electron chi connectivity index (χ3n) is 3.79. The van der Waals surface area contributed by atoms with Gasteiger partial charge >= 0.3 is 5.97 Å². The number of aromatic nitrogens is 1. The SMILES string of the molecule is COC(=O)c1coc(S(=O)(=O)N2CCC[C@H]2c2ccccn2)c1. The average molecular weight is 336 g/mol. The van der Waals surface area contributed by atoms with Crippen molar-refractivity contribution in [1.29, 1.82) is 0 Å². The summed E-state index contributed by atoms with van der Waals surface area (Å²) in [5.41, 5.74) is 0.771. The lowest BCUT2D eigenvalue weighted by Gasteiger charge is -2.22. The smallest absolute Gasteiger partial charge is 0.341 e. The van der Waals surface area contributed by atoms with Gasteiger partial charge in [0.15, 0.2) is 0 Å². The molecule has 122 valence electrons. The maximum absolute atomic E-state index is 12.8. The molecule has 1 fully saturated rings. The fraction of sp³-hybridized carbons (Fsp3) is 0.333. The number of sulfonamides is 1. The van der Waals surface area contributed by atoms with Crippen molar-refractivity contribution in [1.82, 2.24) is 9.29 Å². The Morgan fingerprint density at radius 2 is 2.26 bits per heavy atom. The molecule has 7 nitrogen and oxygen atoms in total. The standard InChI is InChI=1S/C15H16N2O5S/c1-21-15(18)11-9-14(22-10-11)23(19,20)17-8-4-6-13(17)12-5-2-3-7-16-12/h2-3,5,7,9-10,13H,4,6,8H2,1H3/t13-/m0/s1. The molecule has 0 aliphatic carbocycles. The molecular weight excluding hydrogens is 320 g/mol. The summed E-state index contributed by atoms with van der Waals surface area (Å²) >= 11 is 0. The molecule has 0 radical (unpaired) electrons. The highest BCUT2D eigenvalue weighted by molar-refractivity contribution is 7.89. The summed E-state index contributed by atoms with van der Waals surface area (Å²) in [4.78, 5) is 15.7. The highest BCUT2D eigenvalue weighted by atomic mass is 32.2. The van der Waals surface area contributed by atoms with Gasteiger partial charge in [-0.3, -0.25) is 4.98 Å². The summed E-state index contributed by atoms with van der Waals surface area (Å²) < 4.78 is 36.6. The minimum atomic E-state index is -3.84. The predicted molar refractivity (Wildman–Crippen MR) is 80.2 cm³/mol. The number of hydrogen-bond acceptors (Lipinski definition) is 6. The fourth-order valence-corrected chi connectivity index (χ4v) is 4.28. The van der Waals surface area contributed by atoms with Crippen LogP contribution in [0.2, 0.25) is 0 Å². The van der Waals surface area contributed by atoms with Gasteiger partial charge in [-0.25, -0.2) is 13.2 Å². The molecule has 0 unspecified atom stereocenters. The van der Waals surface area contributed by atoms with Crippen LogP contribution >= 0.6 is 0 Å². The van der Waals surface area contributed by atoms with Crippen LogP contribution in [0.3, 0.4) is 0 Å². The summed E-state index contributed by atoms with van der Waals surface area (Å²) in [5, 5.41) is -0.263. The molecule has 8 heteroatoms. The molecule has 0 spiro atoms.